The largest absolute Gasteiger partial charge is 0.491 e. The van der Waals surface area contributed by atoms with Crippen LogP contribution in [0.3, 0.4) is 0 Å². The Morgan fingerprint density at radius 2 is 1.24 bits per heavy atom. The van der Waals surface area contributed by atoms with Gasteiger partial charge in [0.2, 0.25) is 11.6 Å². The highest BCUT2D eigenvalue weighted by atomic mass is 19.2. The summed E-state index contributed by atoms with van der Waals surface area (Å²) in [6, 6.07) is 9.05. The number of allylic oxidation sites excluding steroid dienone is 1. The molecule has 2 aliphatic carbocycles. The third-order valence-corrected chi connectivity index (χ3v) is 8.87. The van der Waals surface area contributed by atoms with E-state index in [0.717, 1.165) is 0 Å². The molecular weight excluding hydrogens is 594 g/mol. The second-order valence-corrected chi connectivity index (χ2v) is 11.7. The zero-order chi connectivity index (χ0) is 32.1. The van der Waals surface area contributed by atoms with E-state index >= 15 is 8.78 Å². The molecule has 1 fully saturated rings. The minimum Gasteiger partial charge on any atom is -0.491 e. The summed E-state index contributed by atoms with van der Waals surface area (Å²) in [5.74, 6) is -6.42. The lowest BCUT2D eigenvalue weighted by molar-refractivity contribution is 0.0342. The molecule has 9 heteroatoms. The molecule has 1 unspecified atom stereocenters. The molecule has 0 heterocycles. The van der Waals surface area contributed by atoms with Crippen LogP contribution in [0.4, 0.5) is 26.3 Å². The van der Waals surface area contributed by atoms with Gasteiger partial charge in [0.15, 0.2) is 34.8 Å². The first-order valence-electron chi connectivity index (χ1n) is 15.7. The molecule has 5 rings (SSSR count). The summed E-state index contributed by atoms with van der Waals surface area (Å²) in [6.45, 7) is 3.96. The van der Waals surface area contributed by atoms with Crippen molar-refractivity contribution in [3.63, 3.8) is 0 Å². The van der Waals surface area contributed by atoms with Gasteiger partial charge in [0, 0.05) is 11.1 Å². The fourth-order valence-electron chi connectivity index (χ4n) is 6.39. The first kappa shape index (κ1) is 32.9. The molecule has 0 N–H and O–H groups in total. The van der Waals surface area contributed by atoms with Gasteiger partial charge < -0.3 is 14.2 Å². The first-order valence-corrected chi connectivity index (χ1v) is 15.7. The Morgan fingerprint density at radius 1 is 0.644 bits per heavy atom. The molecule has 3 aromatic carbocycles. The van der Waals surface area contributed by atoms with Gasteiger partial charge in [0.1, 0.15) is 0 Å². The van der Waals surface area contributed by atoms with Gasteiger partial charge in [0.05, 0.1) is 25.9 Å². The highest BCUT2D eigenvalue weighted by Gasteiger charge is 2.30. The number of benzene rings is 3. The number of ether oxygens (including phenoxy) is 3. The fraction of sp³-hybridized carbons (Fsp3) is 0.444. The van der Waals surface area contributed by atoms with Crippen molar-refractivity contribution in [3.8, 4) is 11.5 Å². The van der Waals surface area contributed by atoms with E-state index in [2.05, 4.69) is 0 Å². The van der Waals surface area contributed by atoms with Crippen LogP contribution in [0, 0.1) is 34.9 Å². The number of hydrogen-bond donors (Lipinski definition) is 0. The van der Waals surface area contributed by atoms with Gasteiger partial charge in [-0.3, -0.25) is 0 Å². The van der Waals surface area contributed by atoms with Gasteiger partial charge in [-0.2, -0.15) is 8.78 Å². The van der Waals surface area contributed by atoms with Crippen molar-refractivity contribution in [2.45, 2.75) is 89.8 Å². The van der Waals surface area contributed by atoms with E-state index < -0.39 is 34.9 Å². The Labute approximate surface area is 260 Å². The molecule has 1 saturated carbocycles. The van der Waals surface area contributed by atoms with Crippen LogP contribution in [-0.2, 0) is 11.3 Å². The maximum Gasteiger partial charge on any atom is 0.201 e. The number of halogens is 6. The molecule has 0 aliphatic heterocycles. The van der Waals surface area contributed by atoms with Crippen LogP contribution in [0.2, 0.25) is 0 Å². The number of rotatable bonds is 11. The van der Waals surface area contributed by atoms with E-state index in [1.807, 2.05) is 6.92 Å². The van der Waals surface area contributed by atoms with Crippen LogP contribution in [0.5, 0.6) is 11.5 Å². The van der Waals surface area contributed by atoms with Gasteiger partial charge >= 0.3 is 0 Å². The molecule has 0 amide bonds. The van der Waals surface area contributed by atoms with Gasteiger partial charge in [-0.15, -0.1) is 0 Å². The second-order valence-electron chi connectivity index (χ2n) is 11.7. The van der Waals surface area contributed by atoms with Crippen molar-refractivity contribution >= 4 is 5.57 Å². The highest BCUT2D eigenvalue weighted by molar-refractivity contribution is 5.67. The molecule has 242 valence electrons. The maximum absolute atomic E-state index is 15.2. The van der Waals surface area contributed by atoms with Crippen LogP contribution in [0.25, 0.3) is 5.57 Å². The normalized spacial score (nSPS) is 20.2. The third kappa shape index (κ3) is 7.19. The van der Waals surface area contributed by atoms with Crippen molar-refractivity contribution in [1.29, 1.82) is 0 Å². The summed E-state index contributed by atoms with van der Waals surface area (Å²) in [5.41, 5.74) is 1.51. The first-order chi connectivity index (χ1) is 21.7. The van der Waals surface area contributed by atoms with Crippen LogP contribution < -0.4 is 9.47 Å². The Balaban J connectivity index is 1.16. The SMILES string of the molecule is CCCOc1ccc(C2=CCC(OCc3ccc(C4CCC(c5ccc(OCC)c(F)c5F)CC4)c(F)c3F)CC2)c(F)c1F. The summed E-state index contributed by atoms with van der Waals surface area (Å²) in [6.07, 6.45) is 5.65. The molecule has 3 nitrogen and oxygen atoms in total. The Kier molecular flexibility index (Phi) is 10.8. The molecular formula is C36H38F6O3. The lowest BCUT2D eigenvalue weighted by Crippen LogP contribution is -2.17. The van der Waals surface area contributed by atoms with Crippen molar-refractivity contribution in [1.82, 2.24) is 0 Å². The van der Waals surface area contributed by atoms with E-state index in [1.165, 1.54) is 24.3 Å². The van der Waals surface area contributed by atoms with Crippen molar-refractivity contribution in [2.24, 2.45) is 0 Å². The number of hydrogen-bond acceptors (Lipinski definition) is 3. The molecule has 2 aliphatic rings. The van der Waals surface area contributed by atoms with E-state index in [-0.39, 0.29) is 64.9 Å². The average molecular weight is 633 g/mol. The molecule has 0 bridgehead atoms. The molecule has 0 aromatic heterocycles. The van der Waals surface area contributed by atoms with Gasteiger partial charge in [-0.25, -0.2) is 17.6 Å². The summed E-state index contributed by atoms with van der Waals surface area (Å²) in [5, 5.41) is 0. The van der Waals surface area contributed by atoms with E-state index in [1.54, 1.807) is 25.1 Å². The average Bonchev–Trinajstić information content (AvgIpc) is 3.05. The molecule has 1 atom stereocenters. The predicted molar refractivity (Wildman–Crippen MR) is 160 cm³/mol. The highest BCUT2D eigenvalue weighted by Crippen LogP contribution is 2.43. The van der Waals surface area contributed by atoms with Crippen molar-refractivity contribution < 1.29 is 40.6 Å². The van der Waals surface area contributed by atoms with Gasteiger partial charge in [0.25, 0.3) is 0 Å². The van der Waals surface area contributed by atoms with Crippen LogP contribution in [-0.4, -0.2) is 19.3 Å². The summed E-state index contributed by atoms with van der Waals surface area (Å²) in [7, 11) is 0. The summed E-state index contributed by atoms with van der Waals surface area (Å²) >= 11 is 0. The van der Waals surface area contributed by atoms with Crippen molar-refractivity contribution in [3.05, 3.63) is 99.6 Å². The fourth-order valence-corrected chi connectivity index (χ4v) is 6.39. The molecule has 0 saturated heterocycles. The monoisotopic (exact) mass is 632 g/mol. The second kappa shape index (κ2) is 14.8. The third-order valence-electron chi connectivity index (χ3n) is 8.87. The minimum atomic E-state index is -1.01. The standard InChI is InChI=1S/C36H38F6O3/c1-3-19-44-30-18-16-28(34(40)36(30)42)23-9-12-25(13-10-23)45-20-24-11-14-26(32(38)31(24)37)21-5-7-22(8-6-21)27-15-17-29(43-4-2)35(41)33(27)39/h9,11,14-18,21-22,25H,3-8,10,12-13,19-20H2,1-2H3. The maximum atomic E-state index is 15.2. The molecule has 3 aromatic rings. The summed E-state index contributed by atoms with van der Waals surface area (Å²) < 4.78 is 105. The van der Waals surface area contributed by atoms with Crippen molar-refractivity contribution in [2.75, 3.05) is 13.2 Å². The van der Waals surface area contributed by atoms with Gasteiger partial charge in [-0.1, -0.05) is 31.2 Å². The van der Waals surface area contributed by atoms with E-state index in [9.17, 15) is 17.6 Å². The Morgan fingerprint density at radius 3 is 1.87 bits per heavy atom. The lowest BCUT2D eigenvalue weighted by atomic mass is 9.75. The van der Waals surface area contributed by atoms with E-state index in [4.69, 9.17) is 14.2 Å². The zero-order valence-electron chi connectivity index (χ0n) is 25.5. The molecule has 0 radical (unpaired) electrons. The van der Waals surface area contributed by atoms with Gasteiger partial charge in [-0.05, 0) is 105 Å². The molecule has 45 heavy (non-hydrogen) atoms. The van der Waals surface area contributed by atoms with E-state index in [0.29, 0.717) is 63.5 Å². The Hall–Kier alpha value is -3.46. The topological polar surface area (TPSA) is 27.7 Å². The Bertz CT molecular complexity index is 1530. The van der Waals surface area contributed by atoms with Crippen LogP contribution in [0.1, 0.15) is 99.3 Å². The predicted octanol–water partition coefficient (Wildman–Crippen LogP) is 10.3. The summed E-state index contributed by atoms with van der Waals surface area (Å²) in [4.78, 5) is 0. The molecule has 0 spiro atoms. The zero-order valence-corrected chi connectivity index (χ0v) is 25.5. The minimum absolute atomic E-state index is 0.0995. The van der Waals surface area contributed by atoms with Crippen LogP contribution >= 0.6 is 0 Å². The quantitative estimate of drug-likeness (QED) is 0.197. The smallest absolute Gasteiger partial charge is 0.201 e. The van der Waals surface area contributed by atoms with Crippen LogP contribution in [0.15, 0.2) is 42.5 Å². The lowest BCUT2D eigenvalue weighted by Gasteiger charge is -2.30.